The summed E-state index contributed by atoms with van der Waals surface area (Å²) in [5.74, 6) is -0.641. The molecule has 0 unspecified atom stereocenters. The monoisotopic (exact) mass is 350 g/mol. The minimum Gasteiger partial charge on any atom is -0.461 e. The lowest BCUT2D eigenvalue weighted by atomic mass is 10.00. The number of ketones is 1. The molecule has 0 bridgehead atoms. The van der Waals surface area contributed by atoms with E-state index in [0.29, 0.717) is 28.9 Å². The van der Waals surface area contributed by atoms with Crippen molar-refractivity contribution in [2.24, 2.45) is 7.05 Å². The zero-order chi connectivity index (χ0) is 19.3. The van der Waals surface area contributed by atoms with Crippen LogP contribution in [0.15, 0.2) is 0 Å². The lowest BCUT2D eigenvalue weighted by Gasteiger charge is -2.24. The first-order chi connectivity index (χ1) is 11.7. The van der Waals surface area contributed by atoms with Crippen molar-refractivity contribution < 1.29 is 19.1 Å². The van der Waals surface area contributed by atoms with E-state index in [0.717, 1.165) is 12.8 Å². The Balaban J connectivity index is 3.15. The summed E-state index contributed by atoms with van der Waals surface area (Å²) < 4.78 is 6.78. The second-order valence-electron chi connectivity index (χ2n) is 6.36. The van der Waals surface area contributed by atoms with Crippen LogP contribution in [0.1, 0.15) is 72.1 Å². The summed E-state index contributed by atoms with van der Waals surface area (Å²) >= 11 is 0. The van der Waals surface area contributed by atoms with Gasteiger partial charge in [0.15, 0.2) is 5.78 Å². The van der Waals surface area contributed by atoms with Crippen LogP contribution in [0.3, 0.4) is 0 Å². The number of ether oxygens (including phenoxy) is 1. The number of esters is 1. The molecule has 1 amide bonds. The predicted molar refractivity (Wildman–Crippen MR) is 96.9 cm³/mol. The fourth-order valence-electron chi connectivity index (χ4n) is 2.93. The number of nitrogens with zero attached hydrogens (tertiary/aromatic N) is 2. The van der Waals surface area contributed by atoms with Crippen molar-refractivity contribution in [3.8, 4) is 0 Å². The number of carbonyl (C=O) groups excluding carboxylic acids is 3. The van der Waals surface area contributed by atoms with Crippen LogP contribution in [0.4, 0.5) is 0 Å². The second-order valence-corrected chi connectivity index (χ2v) is 6.36. The molecule has 6 nitrogen and oxygen atoms in total. The van der Waals surface area contributed by atoms with Gasteiger partial charge in [0, 0.05) is 31.8 Å². The van der Waals surface area contributed by atoms with Crippen LogP contribution >= 0.6 is 0 Å². The smallest absolute Gasteiger partial charge is 0.355 e. The predicted octanol–water partition coefficient (Wildman–Crippen LogP) is 3.04. The third-order valence-corrected chi connectivity index (χ3v) is 4.74. The zero-order valence-electron chi connectivity index (χ0n) is 16.4. The van der Waals surface area contributed by atoms with Gasteiger partial charge in [-0.1, -0.05) is 13.3 Å². The van der Waals surface area contributed by atoms with E-state index in [-0.39, 0.29) is 18.3 Å². The van der Waals surface area contributed by atoms with Gasteiger partial charge < -0.3 is 14.2 Å². The van der Waals surface area contributed by atoms with Crippen LogP contribution in [0, 0.1) is 13.8 Å². The summed E-state index contributed by atoms with van der Waals surface area (Å²) in [6.45, 7) is 9.31. The number of rotatable bonds is 8. The Kier molecular flexibility index (Phi) is 7.39. The van der Waals surface area contributed by atoms with Crippen LogP contribution in [0.25, 0.3) is 0 Å². The highest BCUT2D eigenvalue weighted by Gasteiger charge is 2.30. The average Bonchev–Trinajstić information content (AvgIpc) is 2.80. The zero-order valence-corrected chi connectivity index (χ0v) is 16.4. The normalized spacial score (nSPS) is 12.0. The fraction of sp³-hybridized carbons (Fsp3) is 0.632. The van der Waals surface area contributed by atoms with E-state index in [4.69, 9.17) is 4.74 Å². The van der Waals surface area contributed by atoms with Crippen molar-refractivity contribution >= 4 is 17.7 Å². The van der Waals surface area contributed by atoms with Crippen LogP contribution < -0.4 is 0 Å². The molecular weight excluding hydrogens is 320 g/mol. The third kappa shape index (κ3) is 4.30. The van der Waals surface area contributed by atoms with Gasteiger partial charge in [-0.25, -0.2) is 4.79 Å². The second kappa shape index (κ2) is 8.83. The molecule has 0 aliphatic carbocycles. The minimum atomic E-state index is -0.584. The van der Waals surface area contributed by atoms with Crippen LogP contribution in [0.2, 0.25) is 0 Å². The molecule has 0 radical (unpaired) electrons. The summed E-state index contributed by atoms with van der Waals surface area (Å²) in [5.41, 5.74) is 2.18. The van der Waals surface area contributed by atoms with Gasteiger partial charge in [0.2, 0.25) is 5.91 Å². The largest absolute Gasteiger partial charge is 0.461 e. The van der Waals surface area contributed by atoms with E-state index >= 15 is 0 Å². The van der Waals surface area contributed by atoms with Crippen molar-refractivity contribution in [3.05, 3.63) is 22.5 Å². The van der Waals surface area contributed by atoms with Gasteiger partial charge in [-0.05, 0) is 39.7 Å². The highest BCUT2D eigenvalue weighted by atomic mass is 16.5. The molecule has 1 heterocycles. The van der Waals surface area contributed by atoms with Crippen molar-refractivity contribution in [3.63, 3.8) is 0 Å². The van der Waals surface area contributed by atoms with E-state index in [1.807, 2.05) is 6.92 Å². The molecule has 0 spiro atoms. The summed E-state index contributed by atoms with van der Waals surface area (Å²) in [4.78, 5) is 38.9. The number of hydrogen-bond acceptors (Lipinski definition) is 4. The molecule has 0 aromatic carbocycles. The molecule has 1 atom stereocenters. The Bertz CT molecular complexity index is 661. The van der Waals surface area contributed by atoms with Gasteiger partial charge >= 0.3 is 5.97 Å². The van der Waals surface area contributed by atoms with E-state index < -0.39 is 12.0 Å². The Labute approximate surface area is 150 Å². The van der Waals surface area contributed by atoms with Gasteiger partial charge in [0.25, 0.3) is 0 Å². The number of likely N-dealkylation sites (N-methyl/N-ethyl adjacent to an activating group) is 1. The first-order valence-electron chi connectivity index (χ1n) is 8.81. The maximum Gasteiger partial charge on any atom is 0.355 e. The number of carbonyl (C=O) groups is 3. The Morgan fingerprint density at radius 1 is 1.20 bits per heavy atom. The lowest BCUT2D eigenvalue weighted by molar-refractivity contribution is -0.131. The van der Waals surface area contributed by atoms with Crippen molar-refractivity contribution in [2.45, 2.75) is 59.9 Å². The number of amides is 1. The first kappa shape index (κ1) is 20.9. The molecular formula is C19H30N2O4. The van der Waals surface area contributed by atoms with Gasteiger partial charge in [-0.15, -0.1) is 0 Å². The molecule has 25 heavy (non-hydrogen) atoms. The molecule has 140 valence electrons. The fourth-order valence-corrected chi connectivity index (χ4v) is 2.93. The Morgan fingerprint density at radius 3 is 2.32 bits per heavy atom. The third-order valence-electron chi connectivity index (χ3n) is 4.74. The summed E-state index contributed by atoms with van der Waals surface area (Å²) in [5, 5.41) is 0. The lowest BCUT2D eigenvalue weighted by Crippen LogP contribution is -2.40. The number of hydrogen-bond donors (Lipinski definition) is 0. The van der Waals surface area contributed by atoms with E-state index in [1.165, 1.54) is 4.90 Å². The van der Waals surface area contributed by atoms with Gasteiger partial charge in [-0.2, -0.15) is 0 Å². The minimum absolute atomic E-state index is 0.0421. The van der Waals surface area contributed by atoms with Crippen molar-refractivity contribution in [2.75, 3.05) is 13.7 Å². The van der Waals surface area contributed by atoms with Crippen LogP contribution in [-0.4, -0.2) is 46.8 Å². The maximum atomic E-state index is 13.0. The molecule has 1 rings (SSSR count). The summed E-state index contributed by atoms with van der Waals surface area (Å²) in [6.07, 6.45) is 2.17. The van der Waals surface area contributed by atoms with E-state index in [2.05, 4.69) is 0 Å². The topological polar surface area (TPSA) is 68.6 Å². The number of unbranched alkanes of at least 4 members (excludes halogenated alkanes) is 1. The summed E-state index contributed by atoms with van der Waals surface area (Å²) in [6, 6.07) is -0.584. The SMILES string of the molecule is CCCCC(=O)N(C)[C@H](C)C(=O)c1c(C)c(C(=O)OCC)n(C)c1C. The number of aromatic nitrogens is 1. The molecule has 0 fully saturated rings. The highest BCUT2D eigenvalue weighted by molar-refractivity contribution is 6.06. The van der Waals surface area contributed by atoms with Crippen LogP contribution in [-0.2, 0) is 16.6 Å². The van der Waals surface area contributed by atoms with Gasteiger partial charge in [-0.3, -0.25) is 9.59 Å². The average molecular weight is 350 g/mol. The highest BCUT2D eigenvalue weighted by Crippen LogP contribution is 2.24. The molecule has 1 aromatic rings. The quantitative estimate of drug-likeness (QED) is 0.534. The van der Waals surface area contributed by atoms with Crippen LogP contribution in [0.5, 0.6) is 0 Å². The summed E-state index contributed by atoms with van der Waals surface area (Å²) in [7, 11) is 3.40. The molecule has 0 N–H and O–H groups in total. The van der Waals surface area contributed by atoms with Crippen molar-refractivity contribution in [1.29, 1.82) is 0 Å². The molecule has 6 heteroatoms. The maximum absolute atomic E-state index is 13.0. The molecule has 0 saturated carbocycles. The van der Waals surface area contributed by atoms with Gasteiger partial charge in [0.05, 0.1) is 12.6 Å². The molecule has 0 saturated heterocycles. The Hall–Kier alpha value is -2.11. The van der Waals surface area contributed by atoms with E-state index in [9.17, 15) is 14.4 Å². The Morgan fingerprint density at radius 2 is 1.80 bits per heavy atom. The first-order valence-corrected chi connectivity index (χ1v) is 8.81. The van der Waals surface area contributed by atoms with Crippen molar-refractivity contribution in [1.82, 2.24) is 9.47 Å². The standard InChI is InChI=1S/C19H30N2O4/c1-8-10-11-15(22)20(6)14(5)18(23)16-12(3)17(19(24)25-9-2)21(7)13(16)4/h14H,8-11H2,1-7H3/t14-/m1/s1. The molecule has 1 aromatic heterocycles. The van der Waals surface area contributed by atoms with E-state index in [1.54, 1.807) is 46.4 Å². The molecule has 0 aliphatic rings. The number of Topliss-reactive ketones (excluding diaryl/α,β-unsaturated/α-hetero) is 1. The van der Waals surface area contributed by atoms with Gasteiger partial charge in [0.1, 0.15) is 5.69 Å². The molecule has 0 aliphatic heterocycles.